The molecule has 0 aliphatic carbocycles. The molecule has 0 bridgehead atoms. The molecule has 2 heteroatoms. The average molecular weight is 130 g/mol. The first-order valence-electron chi connectivity index (χ1n) is 3.71. The van der Waals surface area contributed by atoms with Crippen molar-refractivity contribution in [1.82, 2.24) is 5.32 Å². The largest absolute Gasteiger partial charge is 0.327 e. The summed E-state index contributed by atoms with van der Waals surface area (Å²) >= 11 is 0. The number of hydrogen-bond acceptors (Lipinski definition) is 2. The Balaban J connectivity index is 2.95. The van der Waals surface area contributed by atoms with E-state index in [1.165, 1.54) is 12.8 Å². The van der Waals surface area contributed by atoms with Crippen LogP contribution in [0.4, 0.5) is 0 Å². The fourth-order valence-corrected chi connectivity index (χ4v) is 0.831. The molecule has 0 aliphatic rings. The van der Waals surface area contributed by atoms with Gasteiger partial charge in [0.2, 0.25) is 0 Å². The highest BCUT2D eigenvalue weighted by atomic mass is 14.9. The fourth-order valence-electron chi connectivity index (χ4n) is 0.831. The molecule has 2 nitrogen and oxygen atoms in total. The predicted octanol–water partition coefficient (Wildman–Crippen LogP) is 0.723. The van der Waals surface area contributed by atoms with Gasteiger partial charge in [-0.3, -0.25) is 0 Å². The van der Waals surface area contributed by atoms with E-state index in [4.69, 9.17) is 5.73 Å². The van der Waals surface area contributed by atoms with Crippen LogP contribution in [0, 0.1) is 0 Å². The van der Waals surface area contributed by atoms with Gasteiger partial charge in [0.15, 0.2) is 0 Å². The summed E-state index contributed by atoms with van der Waals surface area (Å²) in [6.45, 7) is 3.13. The number of unbranched alkanes of at least 4 members (excludes halogenated alkanes) is 1. The van der Waals surface area contributed by atoms with Crippen LogP contribution in [-0.4, -0.2) is 19.6 Å². The molecule has 0 aromatic rings. The average Bonchev–Trinajstić information content (AvgIpc) is 1.85. The molecule has 0 spiro atoms. The van der Waals surface area contributed by atoms with Crippen LogP contribution in [0.2, 0.25) is 0 Å². The van der Waals surface area contributed by atoms with Gasteiger partial charge in [0.25, 0.3) is 0 Å². The third-order valence-electron chi connectivity index (χ3n) is 1.39. The molecule has 1 unspecified atom stereocenters. The lowest BCUT2D eigenvalue weighted by Crippen LogP contribution is -2.31. The molecule has 1 atom stereocenters. The van der Waals surface area contributed by atoms with Crippen molar-refractivity contribution in [3.05, 3.63) is 0 Å². The summed E-state index contributed by atoms with van der Waals surface area (Å²) in [4.78, 5) is 0. The second-order valence-electron chi connectivity index (χ2n) is 2.46. The molecule has 0 fully saturated rings. The van der Waals surface area contributed by atoms with Gasteiger partial charge < -0.3 is 11.1 Å². The highest BCUT2D eigenvalue weighted by Gasteiger charge is 1.97. The lowest BCUT2D eigenvalue weighted by atomic mass is 10.1. The molecule has 0 aromatic carbocycles. The van der Waals surface area contributed by atoms with Gasteiger partial charge in [0, 0.05) is 12.6 Å². The van der Waals surface area contributed by atoms with Crippen molar-refractivity contribution in [2.75, 3.05) is 13.6 Å². The molecule has 0 radical (unpaired) electrons. The highest BCUT2D eigenvalue weighted by molar-refractivity contribution is 4.61. The monoisotopic (exact) mass is 130 g/mol. The van der Waals surface area contributed by atoms with Crippen LogP contribution in [0.15, 0.2) is 0 Å². The van der Waals surface area contributed by atoms with E-state index in [1.54, 1.807) is 0 Å². The predicted molar refractivity (Wildman–Crippen MR) is 41.4 cm³/mol. The maximum absolute atomic E-state index is 5.71. The molecule has 56 valence electrons. The first-order valence-corrected chi connectivity index (χ1v) is 3.71. The standard InChI is InChI=1S/C7H18N2/c1-3-4-5-7(8)6-9-2/h7,9H,3-6,8H2,1-2H3. The Labute approximate surface area is 57.8 Å². The van der Waals surface area contributed by atoms with E-state index in [0.29, 0.717) is 6.04 Å². The molecule has 0 aromatic heterocycles. The number of likely N-dealkylation sites (N-methyl/N-ethyl adjacent to an activating group) is 1. The first kappa shape index (κ1) is 8.92. The van der Waals surface area contributed by atoms with Crippen LogP contribution in [0.3, 0.4) is 0 Å². The lowest BCUT2D eigenvalue weighted by Gasteiger charge is -2.08. The van der Waals surface area contributed by atoms with Gasteiger partial charge in [0.05, 0.1) is 0 Å². The van der Waals surface area contributed by atoms with Gasteiger partial charge in [-0.05, 0) is 13.5 Å². The quantitative estimate of drug-likeness (QED) is 0.575. The van der Waals surface area contributed by atoms with Crippen molar-refractivity contribution < 1.29 is 0 Å². The summed E-state index contributed by atoms with van der Waals surface area (Å²) in [5, 5.41) is 3.05. The minimum absolute atomic E-state index is 0.356. The maximum Gasteiger partial charge on any atom is 0.0165 e. The highest BCUT2D eigenvalue weighted by Crippen LogP contribution is 1.95. The van der Waals surface area contributed by atoms with Crippen molar-refractivity contribution in [2.24, 2.45) is 5.73 Å². The molecular weight excluding hydrogens is 112 g/mol. The molecule has 0 aliphatic heterocycles. The van der Waals surface area contributed by atoms with Gasteiger partial charge in [-0.25, -0.2) is 0 Å². The van der Waals surface area contributed by atoms with Crippen LogP contribution < -0.4 is 11.1 Å². The van der Waals surface area contributed by atoms with Gasteiger partial charge in [0.1, 0.15) is 0 Å². The van der Waals surface area contributed by atoms with Crippen molar-refractivity contribution in [3.63, 3.8) is 0 Å². The number of hydrogen-bond donors (Lipinski definition) is 2. The minimum Gasteiger partial charge on any atom is -0.327 e. The van der Waals surface area contributed by atoms with E-state index < -0.39 is 0 Å². The van der Waals surface area contributed by atoms with Gasteiger partial charge >= 0.3 is 0 Å². The third kappa shape index (κ3) is 5.80. The Bertz CT molecular complexity index is 54.9. The molecule has 0 heterocycles. The summed E-state index contributed by atoms with van der Waals surface area (Å²) in [5.41, 5.74) is 5.71. The van der Waals surface area contributed by atoms with Gasteiger partial charge in [-0.1, -0.05) is 19.8 Å². The summed E-state index contributed by atoms with van der Waals surface area (Å²) in [5.74, 6) is 0. The number of rotatable bonds is 5. The first-order chi connectivity index (χ1) is 4.31. The zero-order valence-electron chi connectivity index (χ0n) is 6.48. The zero-order valence-corrected chi connectivity index (χ0v) is 6.48. The normalized spacial score (nSPS) is 13.7. The molecule has 0 amide bonds. The van der Waals surface area contributed by atoms with Crippen LogP contribution in [-0.2, 0) is 0 Å². The summed E-state index contributed by atoms with van der Waals surface area (Å²) in [7, 11) is 1.94. The maximum atomic E-state index is 5.71. The summed E-state index contributed by atoms with van der Waals surface area (Å²) < 4.78 is 0. The van der Waals surface area contributed by atoms with E-state index in [0.717, 1.165) is 13.0 Å². The number of nitrogens with one attached hydrogen (secondary N) is 1. The van der Waals surface area contributed by atoms with E-state index in [9.17, 15) is 0 Å². The van der Waals surface area contributed by atoms with Crippen LogP contribution in [0.5, 0.6) is 0 Å². The Hall–Kier alpha value is -0.0800. The Kier molecular flexibility index (Phi) is 5.99. The summed E-state index contributed by atoms with van der Waals surface area (Å²) in [6, 6.07) is 0.356. The van der Waals surface area contributed by atoms with Crippen LogP contribution in [0.1, 0.15) is 26.2 Å². The molecule has 3 N–H and O–H groups in total. The topological polar surface area (TPSA) is 38.0 Å². The smallest absolute Gasteiger partial charge is 0.0165 e. The lowest BCUT2D eigenvalue weighted by molar-refractivity contribution is 0.549. The van der Waals surface area contributed by atoms with Crippen molar-refractivity contribution in [2.45, 2.75) is 32.2 Å². The van der Waals surface area contributed by atoms with Crippen molar-refractivity contribution in [3.8, 4) is 0 Å². The molecule has 0 saturated heterocycles. The zero-order chi connectivity index (χ0) is 7.11. The van der Waals surface area contributed by atoms with E-state index in [-0.39, 0.29) is 0 Å². The van der Waals surface area contributed by atoms with E-state index in [1.807, 2.05) is 7.05 Å². The Morgan fingerprint density at radius 3 is 2.67 bits per heavy atom. The van der Waals surface area contributed by atoms with Crippen LogP contribution in [0.25, 0.3) is 0 Å². The molecule has 0 saturated carbocycles. The molecule has 9 heavy (non-hydrogen) atoms. The van der Waals surface area contributed by atoms with Crippen molar-refractivity contribution in [1.29, 1.82) is 0 Å². The van der Waals surface area contributed by atoms with E-state index >= 15 is 0 Å². The molecule has 0 rings (SSSR count). The fraction of sp³-hybridized carbons (Fsp3) is 1.00. The SMILES string of the molecule is CCCCC(N)CNC. The third-order valence-corrected chi connectivity index (χ3v) is 1.39. The second kappa shape index (κ2) is 6.05. The number of nitrogens with two attached hydrogens (primary N) is 1. The Morgan fingerprint density at radius 1 is 1.56 bits per heavy atom. The second-order valence-corrected chi connectivity index (χ2v) is 2.46. The minimum atomic E-state index is 0.356. The van der Waals surface area contributed by atoms with Gasteiger partial charge in [-0.2, -0.15) is 0 Å². The Morgan fingerprint density at radius 2 is 2.22 bits per heavy atom. The summed E-state index contributed by atoms with van der Waals surface area (Å²) in [6.07, 6.45) is 3.65. The van der Waals surface area contributed by atoms with E-state index in [2.05, 4.69) is 12.2 Å². The molecular formula is C7H18N2. The van der Waals surface area contributed by atoms with Crippen molar-refractivity contribution >= 4 is 0 Å². The van der Waals surface area contributed by atoms with Gasteiger partial charge in [-0.15, -0.1) is 0 Å². The van der Waals surface area contributed by atoms with Crippen LogP contribution >= 0.6 is 0 Å².